The number of rotatable bonds is 5. The van der Waals surface area contributed by atoms with Gasteiger partial charge in [-0.1, -0.05) is 12.1 Å². The van der Waals surface area contributed by atoms with Gasteiger partial charge in [0, 0.05) is 33.1 Å². The molecular weight excluding hydrogens is 274 g/mol. The zero-order valence-electron chi connectivity index (χ0n) is 12.4. The van der Waals surface area contributed by atoms with Crippen LogP contribution in [0.5, 0.6) is 0 Å². The third kappa shape index (κ3) is 4.49. The van der Waals surface area contributed by atoms with Crippen LogP contribution in [0, 0.1) is 11.6 Å². The van der Waals surface area contributed by atoms with Gasteiger partial charge in [0.05, 0.1) is 0 Å². The van der Waals surface area contributed by atoms with Crippen LogP contribution in [0.2, 0.25) is 0 Å². The van der Waals surface area contributed by atoms with Crippen LogP contribution >= 0.6 is 0 Å². The summed E-state index contributed by atoms with van der Waals surface area (Å²) in [5, 5.41) is 0. The molecule has 1 saturated heterocycles. The van der Waals surface area contributed by atoms with Crippen molar-refractivity contribution < 1.29 is 13.6 Å². The fourth-order valence-corrected chi connectivity index (χ4v) is 2.68. The molecule has 0 aromatic heterocycles. The molecule has 3 nitrogen and oxygen atoms in total. The lowest BCUT2D eigenvalue weighted by molar-refractivity contribution is -0.130. The van der Waals surface area contributed by atoms with E-state index in [1.54, 1.807) is 19.1 Å². The molecule has 5 heteroatoms. The van der Waals surface area contributed by atoms with Gasteiger partial charge in [-0.05, 0) is 37.4 Å². The zero-order chi connectivity index (χ0) is 15.2. The highest BCUT2D eigenvalue weighted by atomic mass is 19.2. The van der Waals surface area contributed by atoms with E-state index in [4.69, 9.17) is 0 Å². The second kappa shape index (κ2) is 7.50. The molecule has 0 radical (unpaired) electrons. The molecule has 0 bridgehead atoms. The third-order valence-corrected chi connectivity index (χ3v) is 4.02. The minimum atomic E-state index is -0.771. The van der Waals surface area contributed by atoms with Gasteiger partial charge in [-0.25, -0.2) is 8.78 Å². The predicted molar refractivity (Wildman–Crippen MR) is 78.0 cm³/mol. The Balaban J connectivity index is 1.67. The van der Waals surface area contributed by atoms with Crippen molar-refractivity contribution in [2.45, 2.75) is 26.2 Å². The highest BCUT2D eigenvalue weighted by molar-refractivity contribution is 5.73. The number of halogens is 2. The van der Waals surface area contributed by atoms with Crippen molar-refractivity contribution in [3.05, 3.63) is 35.4 Å². The van der Waals surface area contributed by atoms with Crippen molar-refractivity contribution in [3.8, 4) is 0 Å². The molecule has 1 amide bonds. The Bertz CT molecular complexity index is 485. The van der Waals surface area contributed by atoms with Crippen molar-refractivity contribution in [1.29, 1.82) is 0 Å². The maximum Gasteiger partial charge on any atom is 0.219 e. The van der Waals surface area contributed by atoms with Crippen LogP contribution in [0.4, 0.5) is 8.78 Å². The first-order valence-electron chi connectivity index (χ1n) is 7.48. The van der Waals surface area contributed by atoms with E-state index < -0.39 is 11.6 Å². The van der Waals surface area contributed by atoms with Crippen molar-refractivity contribution in [2.75, 3.05) is 32.7 Å². The number of unbranched alkanes of at least 4 members (excludes halogenated alkanes) is 1. The quantitative estimate of drug-likeness (QED) is 0.779. The minimum absolute atomic E-state index is 0.135. The van der Waals surface area contributed by atoms with Gasteiger partial charge in [0.15, 0.2) is 11.6 Å². The lowest BCUT2D eigenvalue weighted by Gasteiger charge is -2.34. The van der Waals surface area contributed by atoms with Crippen molar-refractivity contribution in [1.82, 2.24) is 9.80 Å². The van der Waals surface area contributed by atoms with Crippen molar-refractivity contribution in [2.24, 2.45) is 0 Å². The van der Waals surface area contributed by atoms with E-state index in [9.17, 15) is 13.6 Å². The topological polar surface area (TPSA) is 23.6 Å². The minimum Gasteiger partial charge on any atom is -0.340 e. The summed E-state index contributed by atoms with van der Waals surface area (Å²) in [6, 6.07) is 4.34. The molecule has 1 aliphatic heterocycles. The summed E-state index contributed by atoms with van der Waals surface area (Å²) in [5.41, 5.74) is 0.455. The van der Waals surface area contributed by atoms with E-state index in [1.165, 1.54) is 0 Å². The summed E-state index contributed by atoms with van der Waals surface area (Å²) in [7, 11) is 0. The van der Waals surface area contributed by atoms with E-state index in [1.807, 2.05) is 4.90 Å². The monoisotopic (exact) mass is 296 g/mol. The van der Waals surface area contributed by atoms with Crippen LogP contribution in [-0.4, -0.2) is 48.4 Å². The summed E-state index contributed by atoms with van der Waals surface area (Å²) in [4.78, 5) is 15.4. The van der Waals surface area contributed by atoms with Gasteiger partial charge < -0.3 is 4.90 Å². The van der Waals surface area contributed by atoms with E-state index in [2.05, 4.69) is 4.90 Å². The summed E-state index contributed by atoms with van der Waals surface area (Å²) in [6.45, 7) is 5.91. The highest BCUT2D eigenvalue weighted by Crippen LogP contribution is 2.14. The van der Waals surface area contributed by atoms with Crippen LogP contribution in [0.15, 0.2) is 18.2 Å². The fraction of sp³-hybridized carbons (Fsp3) is 0.562. The highest BCUT2D eigenvalue weighted by Gasteiger charge is 2.17. The molecule has 0 spiro atoms. The van der Waals surface area contributed by atoms with E-state index in [0.29, 0.717) is 12.0 Å². The number of carbonyl (C=O) groups is 1. The molecule has 1 aromatic rings. The largest absolute Gasteiger partial charge is 0.340 e. The molecule has 0 atom stereocenters. The van der Waals surface area contributed by atoms with Gasteiger partial charge >= 0.3 is 0 Å². The number of amides is 1. The van der Waals surface area contributed by atoms with Crippen LogP contribution in [0.1, 0.15) is 25.3 Å². The number of piperazine rings is 1. The van der Waals surface area contributed by atoms with Gasteiger partial charge in [-0.3, -0.25) is 9.69 Å². The molecule has 1 aliphatic rings. The number of aryl methyl sites for hydroxylation is 1. The Labute approximate surface area is 124 Å². The average molecular weight is 296 g/mol. The van der Waals surface area contributed by atoms with Crippen LogP contribution < -0.4 is 0 Å². The first-order chi connectivity index (χ1) is 10.1. The van der Waals surface area contributed by atoms with E-state index >= 15 is 0 Å². The van der Waals surface area contributed by atoms with Gasteiger partial charge in [-0.2, -0.15) is 0 Å². The molecular formula is C16H22F2N2O. The molecule has 0 unspecified atom stereocenters. The summed E-state index contributed by atoms with van der Waals surface area (Å²) in [5.74, 6) is -1.35. The Hall–Kier alpha value is -1.49. The van der Waals surface area contributed by atoms with E-state index in [-0.39, 0.29) is 5.91 Å². The molecule has 1 aromatic carbocycles. The number of nitrogens with zero attached hydrogens (tertiary/aromatic N) is 2. The Morgan fingerprint density at radius 2 is 1.86 bits per heavy atom. The summed E-state index contributed by atoms with van der Waals surface area (Å²) in [6.07, 6.45) is 2.36. The molecule has 0 saturated carbocycles. The van der Waals surface area contributed by atoms with Crippen molar-refractivity contribution in [3.63, 3.8) is 0 Å². The molecule has 1 fully saturated rings. The second-order valence-electron chi connectivity index (χ2n) is 5.52. The smallest absolute Gasteiger partial charge is 0.219 e. The van der Waals surface area contributed by atoms with E-state index in [0.717, 1.165) is 51.6 Å². The Morgan fingerprint density at radius 1 is 1.14 bits per heavy atom. The molecule has 1 heterocycles. The lowest BCUT2D eigenvalue weighted by atomic mass is 10.1. The van der Waals surface area contributed by atoms with Gasteiger partial charge in [-0.15, -0.1) is 0 Å². The lowest BCUT2D eigenvalue weighted by Crippen LogP contribution is -2.48. The molecule has 0 aliphatic carbocycles. The van der Waals surface area contributed by atoms with Gasteiger partial charge in [0.1, 0.15) is 0 Å². The second-order valence-corrected chi connectivity index (χ2v) is 5.52. The predicted octanol–water partition coefficient (Wildman–Crippen LogP) is 2.45. The SMILES string of the molecule is CC(=O)N1CCN(CCCCc2cccc(F)c2F)CC1. The normalized spacial score (nSPS) is 16.2. The first kappa shape index (κ1) is 15.9. The van der Waals surface area contributed by atoms with Gasteiger partial charge in [0.2, 0.25) is 5.91 Å². The standard InChI is InChI=1S/C16H22F2N2O/c1-13(21)20-11-9-19(10-12-20)8-3-2-5-14-6-4-7-15(17)16(14)18/h4,6-7H,2-3,5,8-12H2,1H3. The maximum atomic E-state index is 13.5. The molecule has 2 rings (SSSR count). The van der Waals surface area contributed by atoms with Gasteiger partial charge in [0.25, 0.3) is 0 Å². The van der Waals surface area contributed by atoms with Crippen LogP contribution in [-0.2, 0) is 11.2 Å². The molecule has 0 N–H and O–H groups in total. The zero-order valence-corrected chi connectivity index (χ0v) is 12.4. The summed E-state index contributed by atoms with van der Waals surface area (Å²) < 4.78 is 26.5. The number of carbonyl (C=O) groups excluding carboxylic acids is 1. The van der Waals surface area contributed by atoms with Crippen molar-refractivity contribution >= 4 is 5.91 Å². The van der Waals surface area contributed by atoms with Crippen LogP contribution in [0.25, 0.3) is 0 Å². The Morgan fingerprint density at radius 3 is 2.52 bits per heavy atom. The third-order valence-electron chi connectivity index (χ3n) is 4.02. The molecule has 21 heavy (non-hydrogen) atoms. The molecule has 116 valence electrons. The fourth-order valence-electron chi connectivity index (χ4n) is 2.68. The number of hydrogen-bond donors (Lipinski definition) is 0. The van der Waals surface area contributed by atoms with Crippen LogP contribution in [0.3, 0.4) is 0 Å². The Kier molecular flexibility index (Phi) is 5.67. The summed E-state index contributed by atoms with van der Waals surface area (Å²) >= 11 is 0. The number of benzene rings is 1. The number of hydrogen-bond acceptors (Lipinski definition) is 2. The maximum absolute atomic E-state index is 13.5. The average Bonchev–Trinajstić information content (AvgIpc) is 2.48. The first-order valence-corrected chi connectivity index (χ1v) is 7.48.